The van der Waals surface area contributed by atoms with E-state index in [0.717, 1.165) is 31.7 Å². The van der Waals surface area contributed by atoms with Gasteiger partial charge in [-0.15, -0.1) is 11.3 Å². The van der Waals surface area contributed by atoms with Crippen LogP contribution in [0.2, 0.25) is 0 Å². The van der Waals surface area contributed by atoms with E-state index >= 15 is 0 Å². The van der Waals surface area contributed by atoms with Crippen LogP contribution in [0, 0.1) is 6.92 Å². The van der Waals surface area contributed by atoms with Gasteiger partial charge in [0, 0.05) is 9.58 Å². The predicted molar refractivity (Wildman–Crippen MR) is 93.9 cm³/mol. The molecule has 0 radical (unpaired) electrons. The zero-order chi connectivity index (χ0) is 16.4. The van der Waals surface area contributed by atoms with Crippen LogP contribution in [-0.4, -0.2) is 17.7 Å². The van der Waals surface area contributed by atoms with E-state index in [1.165, 1.54) is 0 Å². The fourth-order valence-corrected chi connectivity index (χ4v) is 3.90. The normalized spacial score (nSPS) is 10.9. The maximum absolute atomic E-state index is 11.9. The number of esters is 1. The van der Waals surface area contributed by atoms with E-state index < -0.39 is 0 Å². The average Bonchev–Trinajstić information content (AvgIpc) is 2.91. The monoisotopic (exact) mass is 326 g/mol. The van der Waals surface area contributed by atoms with Crippen molar-refractivity contribution in [2.45, 2.75) is 20.5 Å². The molecule has 1 aromatic heterocycles. The van der Waals surface area contributed by atoms with E-state index in [1.54, 1.807) is 24.3 Å². The van der Waals surface area contributed by atoms with Gasteiger partial charge in [-0.2, -0.15) is 0 Å². The van der Waals surface area contributed by atoms with Crippen LogP contribution in [-0.2, 0) is 11.3 Å². The van der Waals surface area contributed by atoms with E-state index in [4.69, 9.17) is 4.74 Å². The lowest BCUT2D eigenvalue weighted by atomic mass is 10.0. The Morgan fingerprint density at radius 3 is 2.74 bits per heavy atom. The number of fused-ring (bicyclic) bond motifs is 1. The number of rotatable bonds is 4. The summed E-state index contributed by atoms with van der Waals surface area (Å²) >= 11 is 1.60. The third kappa shape index (κ3) is 2.87. The molecular weight excluding hydrogens is 308 g/mol. The highest BCUT2D eigenvalue weighted by Crippen LogP contribution is 2.38. The Kier molecular flexibility index (Phi) is 4.46. The second kappa shape index (κ2) is 6.52. The van der Waals surface area contributed by atoms with Crippen molar-refractivity contribution >= 4 is 27.4 Å². The molecule has 0 aliphatic rings. The van der Waals surface area contributed by atoms with Gasteiger partial charge in [0.05, 0.1) is 18.8 Å². The molecule has 0 fully saturated rings. The number of hydrogen-bond donors (Lipinski definition) is 1. The molecule has 23 heavy (non-hydrogen) atoms. The summed E-state index contributed by atoms with van der Waals surface area (Å²) in [6, 6.07) is 13.6. The van der Waals surface area contributed by atoms with Crippen molar-refractivity contribution in [1.82, 2.24) is 0 Å². The molecule has 4 heteroatoms. The van der Waals surface area contributed by atoms with Crippen molar-refractivity contribution in [3.63, 3.8) is 0 Å². The summed E-state index contributed by atoms with van der Waals surface area (Å²) in [5.74, 6) is -0.306. The number of carbonyl (C=O) groups is 1. The van der Waals surface area contributed by atoms with Gasteiger partial charge in [-0.25, -0.2) is 4.79 Å². The number of ether oxygens (including phenoxy) is 1. The average molecular weight is 326 g/mol. The molecule has 0 aliphatic carbocycles. The Morgan fingerprint density at radius 1 is 1.22 bits per heavy atom. The molecule has 0 unspecified atom stereocenters. The molecule has 0 bridgehead atoms. The van der Waals surface area contributed by atoms with Gasteiger partial charge < -0.3 is 9.84 Å². The van der Waals surface area contributed by atoms with Gasteiger partial charge in [0.25, 0.3) is 0 Å². The molecule has 1 N–H and O–H groups in total. The number of carbonyl (C=O) groups excluding carboxylic acids is 1. The molecule has 118 valence electrons. The molecular formula is C19H18O3S. The highest BCUT2D eigenvalue weighted by Gasteiger charge is 2.13. The van der Waals surface area contributed by atoms with E-state index in [9.17, 15) is 9.90 Å². The molecule has 0 amide bonds. The first-order chi connectivity index (χ1) is 11.2. The Morgan fingerprint density at radius 2 is 2.00 bits per heavy atom. The number of thiophene rings is 1. The van der Waals surface area contributed by atoms with Crippen molar-refractivity contribution in [3.05, 3.63) is 58.5 Å². The van der Waals surface area contributed by atoms with Gasteiger partial charge in [-0.3, -0.25) is 0 Å². The van der Waals surface area contributed by atoms with Crippen LogP contribution in [0.4, 0.5) is 0 Å². The van der Waals surface area contributed by atoms with Gasteiger partial charge >= 0.3 is 5.97 Å². The molecule has 1 heterocycles. The Labute approximate surface area is 139 Å². The van der Waals surface area contributed by atoms with E-state index in [-0.39, 0.29) is 12.6 Å². The molecule has 3 rings (SSSR count). The lowest BCUT2D eigenvalue weighted by molar-refractivity contribution is 0.0526. The maximum atomic E-state index is 11.9. The van der Waals surface area contributed by atoms with Crippen LogP contribution in [0.15, 0.2) is 42.5 Å². The van der Waals surface area contributed by atoms with Crippen molar-refractivity contribution in [1.29, 1.82) is 0 Å². The molecule has 2 aromatic carbocycles. The fraction of sp³-hybridized carbons (Fsp3) is 0.211. The SMILES string of the molecule is CCOC(=O)c1cccc(-c2cccc3c(C)c(CO)sc23)c1. The second-order valence-electron chi connectivity index (χ2n) is 5.29. The van der Waals surface area contributed by atoms with E-state index in [2.05, 4.69) is 6.07 Å². The van der Waals surface area contributed by atoms with Gasteiger partial charge in [0.15, 0.2) is 0 Å². The quantitative estimate of drug-likeness (QED) is 0.716. The Balaban J connectivity index is 2.14. The summed E-state index contributed by atoms with van der Waals surface area (Å²) < 4.78 is 6.21. The van der Waals surface area contributed by atoms with Crippen LogP contribution in [0.3, 0.4) is 0 Å². The first kappa shape index (κ1) is 15.7. The minimum atomic E-state index is -0.306. The zero-order valence-corrected chi connectivity index (χ0v) is 13.9. The van der Waals surface area contributed by atoms with Gasteiger partial charge in [0.2, 0.25) is 0 Å². The third-order valence-electron chi connectivity index (χ3n) is 3.89. The Hall–Kier alpha value is -2.17. The summed E-state index contributed by atoms with van der Waals surface area (Å²) in [5.41, 5.74) is 3.72. The highest BCUT2D eigenvalue weighted by molar-refractivity contribution is 7.19. The molecule has 0 aliphatic heterocycles. The van der Waals surface area contributed by atoms with Gasteiger partial charge in [-0.05, 0) is 48.1 Å². The highest BCUT2D eigenvalue weighted by atomic mass is 32.1. The fourth-order valence-electron chi connectivity index (χ4n) is 2.70. The minimum absolute atomic E-state index is 0.0491. The summed E-state index contributed by atoms with van der Waals surface area (Å²) in [7, 11) is 0. The second-order valence-corrected chi connectivity index (χ2v) is 6.40. The predicted octanol–water partition coefficient (Wildman–Crippen LogP) is 4.55. The maximum Gasteiger partial charge on any atom is 0.338 e. The summed E-state index contributed by atoms with van der Waals surface area (Å²) in [6.07, 6.45) is 0. The number of aliphatic hydroxyl groups is 1. The number of hydrogen-bond acceptors (Lipinski definition) is 4. The van der Waals surface area contributed by atoms with Crippen molar-refractivity contribution in [2.24, 2.45) is 0 Å². The van der Waals surface area contributed by atoms with Crippen LogP contribution in [0.1, 0.15) is 27.7 Å². The summed E-state index contributed by atoms with van der Waals surface area (Å²) in [5, 5.41) is 10.7. The van der Waals surface area contributed by atoms with Crippen LogP contribution < -0.4 is 0 Å². The summed E-state index contributed by atoms with van der Waals surface area (Å²) in [6.45, 7) is 4.24. The molecule has 0 spiro atoms. The lowest BCUT2D eigenvalue weighted by Gasteiger charge is -2.07. The van der Waals surface area contributed by atoms with Gasteiger partial charge in [0.1, 0.15) is 0 Å². The van der Waals surface area contributed by atoms with Crippen molar-refractivity contribution in [3.8, 4) is 11.1 Å². The van der Waals surface area contributed by atoms with Crippen LogP contribution in [0.25, 0.3) is 21.2 Å². The molecule has 3 nitrogen and oxygen atoms in total. The lowest BCUT2D eigenvalue weighted by Crippen LogP contribution is -2.04. The first-order valence-electron chi connectivity index (χ1n) is 7.55. The molecule has 3 aromatic rings. The molecule has 0 saturated heterocycles. The topological polar surface area (TPSA) is 46.5 Å². The molecule has 0 atom stereocenters. The Bertz CT molecular complexity index is 864. The standard InChI is InChI=1S/C19H18O3S/c1-3-22-19(21)14-7-4-6-13(10-14)16-9-5-8-15-12(2)17(11-20)23-18(15)16/h4-10,20H,3,11H2,1-2H3. The number of aryl methyl sites for hydroxylation is 1. The van der Waals surface area contributed by atoms with Gasteiger partial charge in [-0.1, -0.05) is 30.3 Å². The van der Waals surface area contributed by atoms with Crippen molar-refractivity contribution < 1.29 is 14.6 Å². The van der Waals surface area contributed by atoms with Crippen LogP contribution >= 0.6 is 11.3 Å². The first-order valence-corrected chi connectivity index (χ1v) is 8.36. The smallest absolute Gasteiger partial charge is 0.338 e. The largest absolute Gasteiger partial charge is 0.462 e. The third-order valence-corrected chi connectivity index (χ3v) is 5.22. The van der Waals surface area contributed by atoms with Crippen LogP contribution in [0.5, 0.6) is 0 Å². The summed E-state index contributed by atoms with van der Waals surface area (Å²) in [4.78, 5) is 12.9. The van der Waals surface area contributed by atoms with Crippen molar-refractivity contribution in [2.75, 3.05) is 6.61 Å². The zero-order valence-electron chi connectivity index (χ0n) is 13.1. The molecule has 0 saturated carbocycles. The minimum Gasteiger partial charge on any atom is -0.462 e. The van der Waals surface area contributed by atoms with E-state index in [0.29, 0.717) is 12.2 Å². The van der Waals surface area contributed by atoms with E-state index in [1.807, 2.05) is 37.3 Å². The number of benzene rings is 2. The number of aliphatic hydroxyl groups excluding tert-OH is 1.